The zero-order valence-corrected chi connectivity index (χ0v) is 10.8. The molecule has 3 aromatic rings. The first-order chi connectivity index (χ1) is 9.15. The fourth-order valence-electron chi connectivity index (χ4n) is 2.17. The summed E-state index contributed by atoms with van der Waals surface area (Å²) < 4.78 is 5.32. The van der Waals surface area contributed by atoms with Gasteiger partial charge in [-0.2, -0.15) is 0 Å². The summed E-state index contributed by atoms with van der Waals surface area (Å²) in [6, 6.07) is 11.3. The maximum atomic E-state index is 12.1. The Labute approximate surface area is 110 Å². The summed E-state index contributed by atoms with van der Waals surface area (Å²) in [5.41, 5.74) is 2.73. The highest BCUT2D eigenvalue weighted by Gasteiger charge is 2.14. The van der Waals surface area contributed by atoms with E-state index in [2.05, 4.69) is 10.3 Å². The Bertz CT molecular complexity index is 752. The van der Waals surface area contributed by atoms with Crippen LogP contribution in [0.1, 0.15) is 22.0 Å². The average Bonchev–Trinajstić information content (AvgIpc) is 2.95. The average molecular weight is 254 g/mol. The van der Waals surface area contributed by atoms with Gasteiger partial charge < -0.3 is 14.7 Å². The van der Waals surface area contributed by atoms with Gasteiger partial charge in [0.05, 0.1) is 5.69 Å². The molecule has 2 aromatic heterocycles. The number of H-pyrrole nitrogens is 1. The third-order valence-electron chi connectivity index (χ3n) is 3.10. The summed E-state index contributed by atoms with van der Waals surface area (Å²) >= 11 is 0. The van der Waals surface area contributed by atoms with Gasteiger partial charge in [0.25, 0.3) is 5.91 Å². The van der Waals surface area contributed by atoms with Gasteiger partial charge in [-0.05, 0) is 32.0 Å². The number of benzene rings is 1. The largest absolute Gasteiger partial charge is 0.456 e. The SMILES string of the molecule is Cc1ccc(C(=O)Nc2c(C)[nH]c3ccccc23)o1. The molecule has 0 saturated heterocycles. The third kappa shape index (κ3) is 2.01. The van der Waals surface area contributed by atoms with Crippen LogP contribution in [0.4, 0.5) is 5.69 Å². The number of carbonyl (C=O) groups excluding carboxylic acids is 1. The standard InChI is InChI=1S/C15H14N2O2/c1-9-7-8-13(19-9)15(18)17-14-10(2)16-12-6-4-3-5-11(12)14/h3-8,16H,1-2H3,(H,17,18). The molecule has 4 nitrogen and oxygen atoms in total. The van der Waals surface area contributed by atoms with Gasteiger partial charge in [0, 0.05) is 16.6 Å². The lowest BCUT2D eigenvalue weighted by molar-refractivity contribution is 0.0995. The van der Waals surface area contributed by atoms with Crippen molar-refractivity contribution in [1.29, 1.82) is 0 Å². The smallest absolute Gasteiger partial charge is 0.291 e. The Balaban J connectivity index is 1.97. The van der Waals surface area contributed by atoms with Crippen LogP contribution in [0.15, 0.2) is 40.8 Å². The van der Waals surface area contributed by atoms with Crippen molar-refractivity contribution in [2.24, 2.45) is 0 Å². The van der Waals surface area contributed by atoms with E-state index in [0.717, 1.165) is 28.0 Å². The van der Waals surface area contributed by atoms with Crippen LogP contribution in [0.25, 0.3) is 10.9 Å². The number of furan rings is 1. The molecule has 0 aliphatic heterocycles. The van der Waals surface area contributed by atoms with Crippen LogP contribution in [0, 0.1) is 13.8 Å². The van der Waals surface area contributed by atoms with Gasteiger partial charge in [0.2, 0.25) is 0 Å². The Morgan fingerprint density at radius 3 is 2.68 bits per heavy atom. The first-order valence-electron chi connectivity index (χ1n) is 6.10. The number of aromatic nitrogens is 1. The minimum atomic E-state index is -0.235. The van der Waals surface area contributed by atoms with E-state index in [-0.39, 0.29) is 5.91 Å². The van der Waals surface area contributed by atoms with Gasteiger partial charge in [-0.3, -0.25) is 4.79 Å². The van der Waals surface area contributed by atoms with Gasteiger partial charge >= 0.3 is 0 Å². The second kappa shape index (κ2) is 4.31. The number of para-hydroxylation sites is 1. The number of nitrogens with one attached hydrogen (secondary N) is 2. The monoisotopic (exact) mass is 254 g/mol. The first kappa shape index (κ1) is 11.6. The lowest BCUT2D eigenvalue weighted by atomic mass is 10.2. The number of rotatable bonds is 2. The van der Waals surface area contributed by atoms with E-state index in [4.69, 9.17) is 4.42 Å². The van der Waals surface area contributed by atoms with E-state index in [1.54, 1.807) is 12.1 Å². The Morgan fingerprint density at radius 1 is 1.16 bits per heavy atom. The summed E-state index contributed by atoms with van der Waals surface area (Å²) in [6.07, 6.45) is 0. The van der Waals surface area contributed by atoms with Crippen LogP contribution in [0.5, 0.6) is 0 Å². The molecule has 1 amide bonds. The number of hydrogen-bond donors (Lipinski definition) is 2. The molecule has 0 unspecified atom stereocenters. The van der Waals surface area contributed by atoms with Crippen molar-refractivity contribution in [1.82, 2.24) is 4.98 Å². The van der Waals surface area contributed by atoms with Crippen molar-refractivity contribution in [3.63, 3.8) is 0 Å². The van der Waals surface area contributed by atoms with Gasteiger partial charge in [-0.1, -0.05) is 18.2 Å². The minimum absolute atomic E-state index is 0.235. The lowest BCUT2D eigenvalue weighted by Crippen LogP contribution is -2.11. The molecule has 3 rings (SSSR count). The molecule has 0 aliphatic rings. The molecular weight excluding hydrogens is 240 g/mol. The van der Waals surface area contributed by atoms with Crippen LogP contribution in [-0.4, -0.2) is 10.9 Å². The number of anilines is 1. The molecule has 0 spiro atoms. The Morgan fingerprint density at radius 2 is 1.95 bits per heavy atom. The molecule has 0 radical (unpaired) electrons. The summed E-state index contributed by atoms with van der Waals surface area (Å²) in [6.45, 7) is 3.75. The third-order valence-corrected chi connectivity index (χ3v) is 3.10. The molecule has 0 bridgehead atoms. The normalized spacial score (nSPS) is 10.8. The molecule has 0 atom stereocenters. The summed E-state index contributed by atoms with van der Waals surface area (Å²) in [5, 5.41) is 3.90. The van der Waals surface area contributed by atoms with Crippen LogP contribution in [-0.2, 0) is 0 Å². The summed E-state index contributed by atoms with van der Waals surface area (Å²) in [5.74, 6) is 0.809. The van der Waals surface area contributed by atoms with Crippen LogP contribution in [0.2, 0.25) is 0 Å². The summed E-state index contributed by atoms with van der Waals surface area (Å²) in [4.78, 5) is 15.3. The summed E-state index contributed by atoms with van der Waals surface area (Å²) in [7, 11) is 0. The van der Waals surface area contributed by atoms with Crippen molar-refractivity contribution in [3.8, 4) is 0 Å². The highest BCUT2D eigenvalue weighted by molar-refractivity contribution is 6.08. The van der Waals surface area contributed by atoms with E-state index in [0.29, 0.717) is 5.76 Å². The van der Waals surface area contributed by atoms with Crippen molar-refractivity contribution >= 4 is 22.5 Å². The Kier molecular flexibility index (Phi) is 2.63. The number of aryl methyl sites for hydroxylation is 2. The van der Waals surface area contributed by atoms with E-state index in [9.17, 15) is 4.79 Å². The number of fused-ring (bicyclic) bond motifs is 1. The second-order valence-corrected chi connectivity index (χ2v) is 4.54. The quantitative estimate of drug-likeness (QED) is 0.733. The number of aromatic amines is 1. The van der Waals surface area contributed by atoms with Crippen LogP contribution < -0.4 is 5.32 Å². The zero-order chi connectivity index (χ0) is 13.4. The predicted molar refractivity (Wildman–Crippen MR) is 74.4 cm³/mol. The fraction of sp³-hybridized carbons (Fsp3) is 0.133. The highest BCUT2D eigenvalue weighted by atomic mass is 16.3. The maximum absolute atomic E-state index is 12.1. The van der Waals surface area contributed by atoms with Crippen LogP contribution in [0.3, 0.4) is 0 Å². The van der Waals surface area contributed by atoms with E-state index >= 15 is 0 Å². The van der Waals surface area contributed by atoms with E-state index in [1.807, 2.05) is 38.1 Å². The molecule has 19 heavy (non-hydrogen) atoms. The molecule has 2 heterocycles. The minimum Gasteiger partial charge on any atom is -0.456 e. The van der Waals surface area contributed by atoms with Gasteiger partial charge in [0.1, 0.15) is 5.76 Å². The van der Waals surface area contributed by atoms with Gasteiger partial charge in [-0.25, -0.2) is 0 Å². The first-order valence-corrected chi connectivity index (χ1v) is 6.10. The number of carbonyl (C=O) groups is 1. The fourth-order valence-corrected chi connectivity index (χ4v) is 2.17. The molecule has 0 fully saturated rings. The molecular formula is C15H14N2O2. The molecule has 4 heteroatoms. The van der Waals surface area contributed by atoms with E-state index in [1.165, 1.54) is 0 Å². The second-order valence-electron chi connectivity index (χ2n) is 4.54. The van der Waals surface area contributed by atoms with Crippen molar-refractivity contribution < 1.29 is 9.21 Å². The van der Waals surface area contributed by atoms with E-state index < -0.39 is 0 Å². The lowest BCUT2D eigenvalue weighted by Gasteiger charge is -2.03. The van der Waals surface area contributed by atoms with Crippen molar-refractivity contribution in [2.45, 2.75) is 13.8 Å². The van der Waals surface area contributed by atoms with Crippen molar-refractivity contribution in [3.05, 3.63) is 53.6 Å². The van der Waals surface area contributed by atoms with Crippen LogP contribution >= 0.6 is 0 Å². The molecule has 0 aliphatic carbocycles. The Hall–Kier alpha value is -2.49. The topological polar surface area (TPSA) is 58.0 Å². The molecule has 96 valence electrons. The molecule has 0 saturated carbocycles. The maximum Gasteiger partial charge on any atom is 0.291 e. The van der Waals surface area contributed by atoms with Gasteiger partial charge in [0.15, 0.2) is 5.76 Å². The molecule has 1 aromatic carbocycles. The molecule has 2 N–H and O–H groups in total. The number of hydrogen-bond acceptors (Lipinski definition) is 2. The highest BCUT2D eigenvalue weighted by Crippen LogP contribution is 2.27. The zero-order valence-electron chi connectivity index (χ0n) is 10.8. The van der Waals surface area contributed by atoms with Crippen molar-refractivity contribution in [2.75, 3.05) is 5.32 Å². The van der Waals surface area contributed by atoms with Gasteiger partial charge in [-0.15, -0.1) is 0 Å². The number of amides is 1. The predicted octanol–water partition coefficient (Wildman–Crippen LogP) is 3.63.